The Kier molecular flexibility index (Phi) is 4.73. The molecule has 1 aliphatic carbocycles. The number of nitrogens with zero attached hydrogens (tertiary/aromatic N) is 3. The molecule has 0 spiro atoms. The van der Waals surface area contributed by atoms with Crippen LogP contribution in [0.4, 0.5) is 0 Å². The van der Waals surface area contributed by atoms with Crippen LogP contribution in [-0.4, -0.2) is 51.4 Å². The number of hydrogen-bond acceptors (Lipinski definition) is 4. The molecule has 1 N–H and O–H groups in total. The number of thioether (sulfide) groups is 1. The first kappa shape index (κ1) is 16.1. The second-order valence-electron chi connectivity index (χ2n) is 5.92. The summed E-state index contributed by atoms with van der Waals surface area (Å²) in [6.07, 6.45) is 7.38. The van der Waals surface area contributed by atoms with Crippen molar-refractivity contribution in [3.8, 4) is 5.69 Å². The number of carbonyl (C=O) groups excluding carboxylic acids is 1. The Morgan fingerprint density at radius 3 is 2.74 bits per heavy atom. The lowest BCUT2D eigenvalue weighted by Gasteiger charge is -2.21. The molecule has 3 rings (SSSR count). The molecule has 0 radical (unpaired) electrons. The third kappa shape index (κ3) is 3.59. The highest BCUT2D eigenvalue weighted by atomic mass is 32.2. The molecule has 122 valence electrons. The summed E-state index contributed by atoms with van der Waals surface area (Å²) in [6, 6.07) is 7.48. The summed E-state index contributed by atoms with van der Waals surface area (Å²) >= 11 is 1.58. The highest BCUT2D eigenvalue weighted by Crippen LogP contribution is 2.32. The summed E-state index contributed by atoms with van der Waals surface area (Å²) < 4.78 is 1.99. The third-order valence-electron chi connectivity index (χ3n) is 4.16. The zero-order valence-electron chi connectivity index (χ0n) is 13.3. The van der Waals surface area contributed by atoms with Gasteiger partial charge in [-0.25, -0.2) is 4.98 Å². The predicted molar refractivity (Wildman–Crippen MR) is 91.0 cm³/mol. The number of hydrogen-bond donors (Lipinski definition) is 1. The Morgan fingerprint density at radius 2 is 2.13 bits per heavy atom. The van der Waals surface area contributed by atoms with E-state index in [4.69, 9.17) is 0 Å². The Balaban J connectivity index is 1.69. The minimum atomic E-state index is -0.404. The molecule has 1 aromatic heterocycles. The number of carbonyl (C=O) groups is 1. The van der Waals surface area contributed by atoms with Crippen LogP contribution in [0.25, 0.3) is 5.69 Å². The molecule has 23 heavy (non-hydrogen) atoms. The van der Waals surface area contributed by atoms with Crippen LogP contribution in [0, 0.1) is 5.92 Å². The lowest BCUT2D eigenvalue weighted by molar-refractivity contribution is 0.0645. The number of benzene rings is 1. The average molecular weight is 331 g/mol. The standard InChI is InChI=1S/C17H21N3O2S/c1-19(11-15(21)12-3-4-12)16(22)13-5-7-14(8-6-13)20-10-9-18-17(20)23-2/h5-10,12,15,21H,3-4,11H2,1-2H3. The van der Waals surface area contributed by atoms with Gasteiger partial charge in [0.1, 0.15) is 0 Å². The quantitative estimate of drug-likeness (QED) is 0.826. The molecule has 6 heteroatoms. The zero-order valence-corrected chi connectivity index (χ0v) is 14.2. The van der Waals surface area contributed by atoms with Gasteiger partial charge in [-0.05, 0) is 49.3 Å². The molecule has 5 nitrogen and oxygen atoms in total. The van der Waals surface area contributed by atoms with Crippen molar-refractivity contribution in [3.63, 3.8) is 0 Å². The summed E-state index contributed by atoms with van der Waals surface area (Å²) in [7, 11) is 1.74. The Morgan fingerprint density at radius 1 is 1.43 bits per heavy atom. The summed E-state index contributed by atoms with van der Waals surface area (Å²) in [5, 5.41) is 10.9. The first-order valence-electron chi connectivity index (χ1n) is 7.71. The fourth-order valence-corrected chi connectivity index (χ4v) is 3.15. The van der Waals surface area contributed by atoms with Crippen LogP contribution in [0.3, 0.4) is 0 Å². The van der Waals surface area contributed by atoms with E-state index in [1.807, 2.05) is 41.3 Å². The van der Waals surface area contributed by atoms with Crippen molar-refractivity contribution >= 4 is 17.7 Å². The van der Waals surface area contributed by atoms with Gasteiger partial charge in [-0.2, -0.15) is 0 Å². The highest BCUT2D eigenvalue weighted by Gasteiger charge is 2.31. The van der Waals surface area contributed by atoms with Gasteiger partial charge in [0, 0.05) is 37.2 Å². The minimum Gasteiger partial charge on any atom is -0.391 e. The van der Waals surface area contributed by atoms with Crippen molar-refractivity contribution in [1.82, 2.24) is 14.5 Å². The molecule has 2 aromatic rings. The lowest BCUT2D eigenvalue weighted by atomic mass is 10.1. The van der Waals surface area contributed by atoms with Gasteiger partial charge in [-0.1, -0.05) is 11.8 Å². The van der Waals surface area contributed by atoms with E-state index in [1.54, 1.807) is 29.9 Å². The largest absolute Gasteiger partial charge is 0.391 e. The molecule has 1 aromatic carbocycles. The van der Waals surface area contributed by atoms with Gasteiger partial charge in [0.2, 0.25) is 0 Å². The van der Waals surface area contributed by atoms with Gasteiger partial charge in [0.25, 0.3) is 5.91 Å². The number of rotatable bonds is 6. The molecule has 1 saturated carbocycles. The zero-order chi connectivity index (χ0) is 16.4. The Labute approximate surface area is 140 Å². The molecular weight excluding hydrogens is 310 g/mol. The molecule has 1 fully saturated rings. The van der Waals surface area contributed by atoms with Crippen LogP contribution in [0.5, 0.6) is 0 Å². The van der Waals surface area contributed by atoms with Gasteiger partial charge in [0.15, 0.2) is 5.16 Å². The fourth-order valence-electron chi connectivity index (χ4n) is 2.62. The van der Waals surface area contributed by atoms with Crippen LogP contribution in [-0.2, 0) is 0 Å². The van der Waals surface area contributed by atoms with E-state index in [9.17, 15) is 9.90 Å². The SMILES string of the molecule is CSc1nccn1-c1ccc(C(=O)N(C)CC(O)C2CC2)cc1. The first-order valence-corrected chi connectivity index (χ1v) is 8.94. The molecule has 1 unspecified atom stereocenters. The molecule has 1 aliphatic rings. The van der Waals surface area contributed by atoms with E-state index in [-0.39, 0.29) is 5.91 Å². The number of aliphatic hydroxyl groups excluding tert-OH is 1. The van der Waals surface area contributed by atoms with Crippen LogP contribution in [0.15, 0.2) is 41.8 Å². The Hall–Kier alpha value is -1.79. The van der Waals surface area contributed by atoms with Crippen molar-refractivity contribution < 1.29 is 9.90 Å². The van der Waals surface area contributed by atoms with Gasteiger partial charge in [0.05, 0.1) is 6.10 Å². The topological polar surface area (TPSA) is 58.4 Å². The van der Waals surface area contributed by atoms with Crippen molar-refractivity contribution in [1.29, 1.82) is 0 Å². The van der Waals surface area contributed by atoms with Gasteiger partial charge in [-0.15, -0.1) is 0 Å². The number of amides is 1. The molecule has 1 amide bonds. The van der Waals surface area contributed by atoms with Crippen LogP contribution in [0.2, 0.25) is 0 Å². The van der Waals surface area contributed by atoms with Crippen molar-refractivity contribution in [3.05, 3.63) is 42.2 Å². The number of imidazole rings is 1. The van der Waals surface area contributed by atoms with Gasteiger partial charge in [-0.3, -0.25) is 9.36 Å². The summed E-state index contributed by atoms with van der Waals surface area (Å²) in [4.78, 5) is 18.3. The van der Waals surface area contributed by atoms with Gasteiger partial charge >= 0.3 is 0 Å². The van der Waals surface area contributed by atoms with E-state index in [0.29, 0.717) is 18.0 Å². The van der Waals surface area contributed by atoms with E-state index in [0.717, 1.165) is 23.7 Å². The van der Waals surface area contributed by atoms with Crippen LogP contribution < -0.4 is 0 Å². The third-order valence-corrected chi connectivity index (χ3v) is 4.82. The number of aromatic nitrogens is 2. The van der Waals surface area contributed by atoms with E-state index >= 15 is 0 Å². The van der Waals surface area contributed by atoms with E-state index in [1.165, 1.54) is 0 Å². The Bertz CT molecular complexity index is 679. The molecule has 0 aliphatic heterocycles. The van der Waals surface area contributed by atoms with Crippen LogP contribution in [0.1, 0.15) is 23.2 Å². The first-order chi connectivity index (χ1) is 11.1. The smallest absolute Gasteiger partial charge is 0.253 e. The number of likely N-dealkylation sites (N-methyl/N-ethyl adjacent to an activating group) is 1. The maximum Gasteiger partial charge on any atom is 0.253 e. The fraction of sp³-hybridized carbons (Fsp3) is 0.412. The normalized spacial score (nSPS) is 15.4. The second-order valence-corrected chi connectivity index (χ2v) is 6.69. The van der Waals surface area contributed by atoms with Gasteiger partial charge < -0.3 is 10.0 Å². The van der Waals surface area contributed by atoms with E-state index < -0.39 is 6.10 Å². The molecule has 0 bridgehead atoms. The summed E-state index contributed by atoms with van der Waals surface area (Å²) in [5.41, 5.74) is 1.61. The average Bonchev–Trinajstić information content (AvgIpc) is 3.32. The van der Waals surface area contributed by atoms with Crippen molar-refractivity contribution in [2.75, 3.05) is 19.8 Å². The van der Waals surface area contributed by atoms with Crippen molar-refractivity contribution in [2.45, 2.75) is 24.1 Å². The van der Waals surface area contributed by atoms with Crippen molar-refractivity contribution in [2.24, 2.45) is 5.92 Å². The summed E-state index contributed by atoms with van der Waals surface area (Å²) in [5.74, 6) is 0.311. The number of aliphatic hydroxyl groups is 1. The maximum absolute atomic E-state index is 12.4. The molecule has 1 atom stereocenters. The molecular formula is C17H21N3O2S. The summed E-state index contributed by atoms with van der Waals surface area (Å²) in [6.45, 7) is 0.392. The molecule has 0 saturated heterocycles. The second kappa shape index (κ2) is 6.76. The lowest BCUT2D eigenvalue weighted by Crippen LogP contribution is -2.35. The van der Waals surface area contributed by atoms with E-state index in [2.05, 4.69) is 4.98 Å². The predicted octanol–water partition coefficient (Wildman–Crippen LogP) is 2.44. The monoisotopic (exact) mass is 331 g/mol. The molecule has 1 heterocycles. The maximum atomic E-state index is 12.4. The minimum absolute atomic E-state index is 0.0630. The van der Waals surface area contributed by atoms with Crippen LogP contribution >= 0.6 is 11.8 Å². The highest BCUT2D eigenvalue weighted by molar-refractivity contribution is 7.98.